The van der Waals surface area contributed by atoms with Gasteiger partial charge in [0.1, 0.15) is 0 Å². The molecule has 0 aromatic heterocycles. The van der Waals surface area contributed by atoms with Crippen molar-refractivity contribution in [3.63, 3.8) is 0 Å². The Labute approximate surface area is 87.0 Å². The number of hydrogen-bond acceptors (Lipinski definition) is 1. The smallest absolute Gasteiger partial charge is 1.00 e. The summed E-state index contributed by atoms with van der Waals surface area (Å²) < 4.78 is 0. The van der Waals surface area contributed by atoms with Crippen molar-refractivity contribution in [2.75, 3.05) is 0 Å². The molecule has 0 heterocycles. The first-order chi connectivity index (χ1) is 3.93. The fraction of sp³-hybridized carbons (Fsp3) is 0. The first-order valence-corrected chi connectivity index (χ1v) is 2.29. The minimum absolute atomic E-state index is 0. The number of nitriles is 1. The van der Waals surface area contributed by atoms with Gasteiger partial charge in [-0.25, -0.2) is 5.26 Å². The van der Waals surface area contributed by atoms with Crippen LogP contribution in [0.25, 0.3) is 0 Å². The second kappa shape index (κ2) is 7.07. The fourth-order valence-electron chi connectivity index (χ4n) is 0.463. The first-order valence-electron chi connectivity index (χ1n) is 2.29. The van der Waals surface area contributed by atoms with E-state index in [9.17, 15) is 0 Å². The Morgan fingerprint density at radius 2 is 2.20 bits per heavy atom. The van der Waals surface area contributed by atoms with Crippen molar-refractivity contribution in [1.29, 1.82) is 5.26 Å². The molecule has 0 radical (unpaired) electrons. The van der Waals surface area contributed by atoms with Crippen LogP contribution in [0.5, 0.6) is 0 Å². The van der Waals surface area contributed by atoms with Crippen LogP contribution in [-0.2, 0) is 0 Å². The molecule has 3 heteroatoms. The molecule has 1 nitrogen and oxygen atoms in total. The maximum absolute atomic E-state index is 8.27. The van der Waals surface area contributed by atoms with Gasteiger partial charge in [-0.05, 0) is 0 Å². The number of rotatable bonds is 0. The largest absolute Gasteiger partial charge is 2.00 e. The third-order valence-corrected chi connectivity index (χ3v) is 0.836. The molecule has 0 spiro atoms. The summed E-state index contributed by atoms with van der Waals surface area (Å²) in [7, 11) is 0. The van der Waals surface area contributed by atoms with Gasteiger partial charge in [-0.15, -0.1) is 0 Å². The number of nitrogens with zero attached hydrogens (tertiary/aromatic N) is 1. The van der Waals surface area contributed by atoms with Crippen LogP contribution < -0.4 is 17.0 Å². The molecular formula is C7H4BrMgN. The number of halogens is 1. The van der Waals surface area contributed by atoms with E-state index in [1.54, 1.807) is 24.3 Å². The standard InChI is InChI=1S/C7H4N.BrH.Mg/c8-6-7-4-2-1-3-5-7;;/h1-2,4-5H;1H;/q-1;;+2/p-1. The first kappa shape index (κ1) is 12.6. The van der Waals surface area contributed by atoms with Gasteiger partial charge in [-0.2, -0.15) is 30.3 Å². The molecule has 46 valence electrons. The van der Waals surface area contributed by atoms with Crippen LogP contribution in [0.1, 0.15) is 5.56 Å². The molecule has 0 aliphatic carbocycles. The molecule has 0 bridgehead atoms. The second-order valence-electron chi connectivity index (χ2n) is 1.40. The molecule has 0 saturated carbocycles. The third kappa shape index (κ3) is 3.88. The zero-order valence-corrected chi connectivity index (χ0v) is 8.34. The number of hydrogen-bond donors (Lipinski definition) is 0. The van der Waals surface area contributed by atoms with Gasteiger partial charge in [0.15, 0.2) is 0 Å². The van der Waals surface area contributed by atoms with Gasteiger partial charge >= 0.3 is 23.1 Å². The minimum atomic E-state index is 0. The van der Waals surface area contributed by atoms with E-state index in [2.05, 4.69) is 6.07 Å². The molecule has 0 N–H and O–H groups in total. The van der Waals surface area contributed by atoms with Crippen LogP contribution in [0, 0.1) is 17.4 Å². The van der Waals surface area contributed by atoms with Crippen molar-refractivity contribution in [3.05, 3.63) is 35.9 Å². The Kier molecular flexibility index (Phi) is 8.92. The average Bonchev–Trinajstić information content (AvgIpc) is 1.90. The van der Waals surface area contributed by atoms with Crippen LogP contribution in [0.2, 0.25) is 0 Å². The van der Waals surface area contributed by atoms with E-state index in [0.717, 1.165) is 0 Å². The zero-order chi connectivity index (χ0) is 5.82. The van der Waals surface area contributed by atoms with Crippen LogP contribution in [-0.4, -0.2) is 23.1 Å². The van der Waals surface area contributed by atoms with E-state index < -0.39 is 0 Å². The van der Waals surface area contributed by atoms with Gasteiger partial charge < -0.3 is 17.0 Å². The van der Waals surface area contributed by atoms with Gasteiger partial charge in [0.25, 0.3) is 0 Å². The Bertz CT molecular complexity index is 205. The maximum Gasteiger partial charge on any atom is 2.00 e. The van der Waals surface area contributed by atoms with Crippen molar-refractivity contribution < 1.29 is 17.0 Å². The maximum atomic E-state index is 8.27. The summed E-state index contributed by atoms with van der Waals surface area (Å²) >= 11 is 0. The van der Waals surface area contributed by atoms with Gasteiger partial charge in [-0.3, -0.25) is 0 Å². The van der Waals surface area contributed by atoms with Gasteiger partial charge in [0.2, 0.25) is 0 Å². The summed E-state index contributed by atoms with van der Waals surface area (Å²) in [4.78, 5) is 0. The van der Waals surface area contributed by atoms with E-state index in [1.165, 1.54) is 0 Å². The Morgan fingerprint density at radius 3 is 2.50 bits per heavy atom. The predicted octanol–water partition coefficient (Wildman–Crippen LogP) is -2.02. The fourth-order valence-corrected chi connectivity index (χ4v) is 0.463. The molecule has 1 aromatic rings. The van der Waals surface area contributed by atoms with Crippen LogP contribution in [0.4, 0.5) is 0 Å². The van der Waals surface area contributed by atoms with Crippen LogP contribution >= 0.6 is 0 Å². The molecule has 1 rings (SSSR count). The van der Waals surface area contributed by atoms with Gasteiger partial charge in [0.05, 0.1) is 0 Å². The topological polar surface area (TPSA) is 23.8 Å². The summed E-state index contributed by atoms with van der Waals surface area (Å²) in [5, 5.41) is 8.27. The van der Waals surface area contributed by atoms with Crippen LogP contribution in [0.3, 0.4) is 0 Å². The Morgan fingerprint density at radius 1 is 1.50 bits per heavy atom. The summed E-state index contributed by atoms with van der Waals surface area (Å²) in [5.41, 5.74) is 0.660. The second-order valence-corrected chi connectivity index (χ2v) is 1.40. The van der Waals surface area contributed by atoms with Crippen molar-refractivity contribution in [3.8, 4) is 6.07 Å². The van der Waals surface area contributed by atoms with E-state index in [0.29, 0.717) is 5.56 Å². The molecule has 0 atom stereocenters. The van der Waals surface area contributed by atoms with Crippen molar-refractivity contribution in [2.24, 2.45) is 0 Å². The molecular weight excluding hydrogens is 202 g/mol. The SMILES string of the molecule is N#Cc1c[c-]ccc1.[Br-].[Mg+2]. The summed E-state index contributed by atoms with van der Waals surface area (Å²) in [6.07, 6.45) is 0. The summed E-state index contributed by atoms with van der Waals surface area (Å²) in [6, 6.07) is 11.7. The summed E-state index contributed by atoms with van der Waals surface area (Å²) in [5.74, 6) is 0. The van der Waals surface area contributed by atoms with Crippen LogP contribution in [0.15, 0.2) is 24.3 Å². The van der Waals surface area contributed by atoms with E-state index in [4.69, 9.17) is 5.26 Å². The molecule has 0 amide bonds. The molecule has 0 saturated heterocycles. The van der Waals surface area contributed by atoms with E-state index in [-0.39, 0.29) is 40.0 Å². The Hall–Kier alpha value is -0.0438. The molecule has 1 aromatic carbocycles. The molecule has 0 fully saturated rings. The average molecular weight is 206 g/mol. The molecule has 0 aliphatic heterocycles. The predicted molar refractivity (Wildman–Crippen MR) is 35.7 cm³/mol. The monoisotopic (exact) mass is 205 g/mol. The minimum Gasteiger partial charge on any atom is -1.00 e. The van der Waals surface area contributed by atoms with Crippen molar-refractivity contribution >= 4 is 23.1 Å². The van der Waals surface area contributed by atoms with Gasteiger partial charge in [0, 0.05) is 6.07 Å². The summed E-state index contributed by atoms with van der Waals surface area (Å²) in [6.45, 7) is 0. The molecule has 0 aliphatic rings. The zero-order valence-electron chi connectivity index (χ0n) is 5.34. The van der Waals surface area contributed by atoms with E-state index in [1.807, 2.05) is 6.07 Å². The van der Waals surface area contributed by atoms with Gasteiger partial charge in [-0.1, -0.05) is 5.56 Å². The molecule has 0 unspecified atom stereocenters. The number of benzene rings is 1. The quantitative estimate of drug-likeness (QED) is 0.355. The normalized spacial score (nSPS) is 6.30. The third-order valence-electron chi connectivity index (χ3n) is 0.836. The molecule has 10 heavy (non-hydrogen) atoms. The van der Waals surface area contributed by atoms with Crippen molar-refractivity contribution in [1.82, 2.24) is 0 Å². The van der Waals surface area contributed by atoms with E-state index >= 15 is 0 Å². The Balaban J connectivity index is 0. The van der Waals surface area contributed by atoms with Crippen molar-refractivity contribution in [2.45, 2.75) is 0 Å².